The van der Waals surface area contributed by atoms with E-state index in [1.807, 2.05) is 6.20 Å². The Morgan fingerprint density at radius 1 is 1.27 bits per heavy atom. The normalized spacial score (nSPS) is 23.2. The first-order valence-corrected chi connectivity index (χ1v) is 6.07. The van der Waals surface area contributed by atoms with Crippen molar-refractivity contribution in [1.29, 1.82) is 0 Å². The molecule has 2 fully saturated rings. The largest absolute Gasteiger partial charge is 0.445 e. The van der Waals surface area contributed by atoms with E-state index in [2.05, 4.69) is 10.3 Å². The molecule has 0 amide bonds. The molecule has 0 radical (unpaired) electrons. The molecule has 1 aliphatic carbocycles. The van der Waals surface area contributed by atoms with Gasteiger partial charge in [0.05, 0.1) is 6.20 Å². The van der Waals surface area contributed by atoms with Gasteiger partial charge in [-0.05, 0) is 44.7 Å². The van der Waals surface area contributed by atoms with Crippen LogP contribution in [0, 0.1) is 5.92 Å². The lowest BCUT2D eigenvalue weighted by molar-refractivity contribution is 0.336. The Bertz CT molecular complexity index is 324. The van der Waals surface area contributed by atoms with Crippen LogP contribution in [0.25, 0.3) is 0 Å². The Morgan fingerprint density at radius 2 is 2.07 bits per heavy atom. The SMILES string of the molecule is c1nc(CC2CCNCC2)oc1C1CC1. The number of piperidine rings is 1. The van der Waals surface area contributed by atoms with Crippen molar-refractivity contribution in [2.75, 3.05) is 13.1 Å². The first-order chi connectivity index (χ1) is 7.42. The maximum Gasteiger partial charge on any atom is 0.194 e. The van der Waals surface area contributed by atoms with Crippen LogP contribution in [-0.4, -0.2) is 18.1 Å². The lowest BCUT2D eigenvalue weighted by Crippen LogP contribution is -2.28. The molecule has 3 heteroatoms. The van der Waals surface area contributed by atoms with E-state index in [1.54, 1.807) is 0 Å². The van der Waals surface area contributed by atoms with Gasteiger partial charge in [0.25, 0.3) is 0 Å². The smallest absolute Gasteiger partial charge is 0.194 e. The van der Waals surface area contributed by atoms with Crippen LogP contribution < -0.4 is 5.32 Å². The highest BCUT2D eigenvalue weighted by Crippen LogP contribution is 2.40. The van der Waals surface area contributed by atoms with Gasteiger partial charge in [0.1, 0.15) is 5.76 Å². The first-order valence-electron chi connectivity index (χ1n) is 6.07. The summed E-state index contributed by atoms with van der Waals surface area (Å²) in [6.07, 6.45) is 8.09. The fourth-order valence-corrected chi connectivity index (χ4v) is 2.31. The quantitative estimate of drug-likeness (QED) is 0.823. The molecule has 0 bridgehead atoms. The van der Waals surface area contributed by atoms with Crippen LogP contribution in [-0.2, 0) is 6.42 Å². The molecule has 2 heterocycles. The van der Waals surface area contributed by atoms with Crippen LogP contribution in [0.15, 0.2) is 10.6 Å². The molecular weight excluding hydrogens is 188 g/mol. The van der Waals surface area contributed by atoms with Crippen molar-refractivity contribution < 1.29 is 4.42 Å². The summed E-state index contributed by atoms with van der Waals surface area (Å²) in [5, 5.41) is 3.38. The molecule has 0 spiro atoms. The van der Waals surface area contributed by atoms with E-state index in [9.17, 15) is 0 Å². The van der Waals surface area contributed by atoms with Gasteiger partial charge in [-0.25, -0.2) is 4.98 Å². The van der Waals surface area contributed by atoms with Crippen molar-refractivity contribution in [1.82, 2.24) is 10.3 Å². The van der Waals surface area contributed by atoms with Gasteiger partial charge in [-0.2, -0.15) is 0 Å². The van der Waals surface area contributed by atoms with Crippen LogP contribution in [0.2, 0.25) is 0 Å². The van der Waals surface area contributed by atoms with Gasteiger partial charge in [-0.3, -0.25) is 0 Å². The number of nitrogens with zero attached hydrogens (tertiary/aromatic N) is 1. The van der Waals surface area contributed by atoms with E-state index in [1.165, 1.54) is 25.7 Å². The number of hydrogen-bond donors (Lipinski definition) is 1. The van der Waals surface area contributed by atoms with E-state index >= 15 is 0 Å². The second kappa shape index (κ2) is 3.97. The summed E-state index contributed by atoms with van der Waals surface area (Å²) in [7, 11) is 0. The van der Waals surface area contributed by atoms with Crippen molar-refractivity contribution in [2.45, 2.75) is 38.0 Å². The third-order valence-electron chi connectivity index (χ3n) is 3.47. The fraction of sp³-hybridized carbons (Fsp3) is 0.750. The third-order valence-corrected chi connectivity index (χ3v) is 3.47. The average molecular weight is 206 g/mol. The van der Waals surface area contributed by atoms with Gasteiger partial charge in [0.2, 0.25) is 0 Å². The molecular formula is C12H18N2O. The highest BCUT2D eigenvalue weighted by Gasteiger charge is 2.27. The summed E-state index contributed by atoms with van der Waals surface area (Å²) in [5.41, 5.74) is 0. The van der Waals surface area contributed by atoms with Crippen molar-refractivity contribution in [2.24, 2.45) is 5.92 Å². The summed E-state index contributed by atoms with van der Waals surface area (Å²) >= 11 is 0. The van der Waals surface area contributed by atoms with E-state index in [0.29, 0.717) is 5.92 Å². The number of aromatic nitrogens is 1. The van der Waals surface area contributed by atoms with Gasteiger partial charge in [-0.15, -0.1) is 0 Å². The van der Waals surface area contributed by atoms with Crippen molar-refractivity contribution >= 4 is 0 Å². The van der Waals surface area contributed by atoms with Gasteiger partial charge < -0.3 is 9.73 Å². The monoisotopic (exact) mass is 206 g/mol. The van der Waals surface area contributed by atoms with Gasteiger partial charge >= 0.3 is 0 Å². The van der Waals surface area contributed by atoms with Crippen molar-refractivity contribution in [3.8, 4) is 0 Å². The summed E-state index contributed by atoms with van der Waals surface area (Å²) in [6, 6.07) is 0. The Morgan fingerprint density at radius 3 is 2.80 bits per heavy atom. The molecule has 1 aromatic heterocycles. The molecule has 15 heavy (non-hydrogen) atoms. The summed E-state index contributed by atoms with van der Waals surface area (Å²) in [4.78, 5) is 4.38. The standard InChI is InChI=1S/C12H18N2O/c1-2-10(1)11-8-14-12(15-11)7-9-3-5-13-6-4-9/h8-10,13H,1-7H2. The van der Waals surface area contributed by atoms with Crippen LogP contribution in [0.3, 0.4) is 0 Å². The molecule has 2 aliphatic rings. The van der Waals surface area contributed by atoms with Crippen LogP contribution in [0.5, 0.6) is 0 Å². The highest BCUT2D eigenvalue weighted by molar-refractivity contribution is 5.08. The molecule has 1 saturated carbocycles. The molecule has 0 aromatic carbocycles. The summed E-state index contributed by atoms with van der Waals surface area (Å²) in [6.45, 7) is 2.31. The summed E-state index contributed by atoms with van der Waals surface area (Å²) in [5.74, 6) is 3.55. The molecule has 1 aromatic rings. The minimum atomic E-state index is 0.694. The van der Waals surface area contributed by atoms with Crippen LogP contribution in [0.1, 0.15) is 43.3 Å². The maximum absolute atomic E-state index is 5.78. The molecule has 3 nitrogen and oxygen atoms in total. The Balaban J connectivity index is 1.60. The van der Waals surface area contributed by atoms with E-state index in [-0.39, 0.29) is 0 Å². The molecule has 1 aliphatic heterocycles. The molecule has 1 N–H and O–H groups in total. The van der Waals surface area contributed by atoms with Crippen molar-refractivity contribution in [3.63, 3.8) is 0 Å². The van der Waals surface area contributed by atoms with Gasteiger partial charge in [0.15, 0.2) is 5.89 Å². The predicted molar refractivity (Wildman–Crippen MR) is 57.8 cm³/mol. The van der Waals surface area contributed by atoms with Gasteiger partial charge in [-0.1, -0.05) is 0 Å². The number of rotatable bonds is 3. The minimum absolute atomic E-state index is 0.694. The zero-order valence-corrected chi connectivity index (χ0v) is 9.04. The zero-order valence-electron chi connectivity index (χ0n) is 9.04. The number of nitrogens with one attached hydrogen (secondary N) is 1. The minimum Gasteiger partial charge on any atom is -0.445 e. The molecule has 3 rings (SSSR count). The maximum atomic E-state index is 5.78. The zero-order chi connectivity index (χ0) is 10.1. The van der Waals surface area contributed by atoms with Crippen LogP contribution >= 0.6 is 0 Å². The topological polar surface area (TPSA) is 38.1 Å². The number of hydrogen-bond acceptors (Lipinski definition) is 3. The van der Waals surface area contributed by atoms with E-state index in [0.717, 1.165) is 37.1 Å². The Labute approximate surface area is 90.3 Å². The van der Waals surface area contributed by atoms with Gasteiger partial charge in [0, 0.05) is 12.3 Å². The van der Waals surface area contributed by atoms with Crippen LogP contribution in [0.4, 0.5) is 0 Å². The highest BCUT2D eigenvalue weighted by atomic mass is 16.4. The summed E-state index contributed by atoms with van der Waals surface area (Å²) < 4.78 is 5.78. The van der Waals surface area contributed by atoms with E-state index < -0.39 is 0 Å². The van der Waals surface area contributed by atoms with E-state index in [4.69, 9.17) is 4.42 Å². The predicted octanol–water partition coefficient (Wildman–Crippen LogP) is 2.09. The average Bonchev–Trinajstić information content (AvgIpc) is 3.02. The first kappa shape index (κ1) is 9.40. The second-order valence-electron chi connectivity index (χ2n) is 4.83. The molecule has 0 atom stereocenters. The third kappa shape index (κ3) is 2.23. The second-order valence-corrected chi connectivity index (χ2v) is 4.83. The molecule has 1 saturated heterocycles. The fourth-order valence-electron chi connectivity index (χ4n) is 2.31. The molecule has 82 valence electrons. The number of oxazole rings is 1. The molecule has 0 unspecified atom stereocenters. The lowest BCUT2D eigenvalue weighted by Gasteiger charge is -2.20. The Hall–Kier alpha value is -0.830. The lowest BCUT2D eigenvalue weighted by atomic mass is 9.95. The Kier molecular flexibility index (Phi) is 2.49. The van der Waals surface area contributed by atoms with Crippen molar-refractivity contribution in [3.05, 3.63) is 17.8 Å².